The van der Waals surface area contributed by atoms with Gasteiger partial charge in [-0.15, -0.1) is 0 Å². The van der Waals surface area contributed by atoms with Gasteiger partial charge in [0.25, 0.3) is 0 Å². The van der Waals surface area contributed by atoms with Crippen LogP contribution < -0.4 is 0 Å². The van der Waals surface area contributed by atoms with Gasteiger partial charge >= 0.3 is 6.18 Å². The van der Waals surface area contributed by atoms with Gasteiger partial charge in [-0.1, -0.05) is 55.5 Å². The Balaban J connectivity index is 1.85. The maximum absolute atomic E-state index is 13.8. The summed E-state index contributed by atoms with van der Waals surface area (Å²) in [6.07, 6.45) is -0.603. The number of ether oxygens (including phenoxy) is 1. The van der Waals surface area contributed by atoms with Gasteiger partial charge in [0, 0.05) is 6.42 Å². The number of methoxy groups -OCH3 is 1. The molecule has 1 aliphatic heterocycles. The highest BCUT2D eigenvalue weighted by Crippen LogP contribution is 2.39. The van der Waals surface area contributed by atoms with E-state index in [9.17, 15) is 17.6 Å². The Morgan fingerprint density at radius 2 is 1.60 bits per heavy atom. The quantitative estimate of drug-likeness (QED) is 0.251. The molecule has 3 aromatic carbocycles. The number of hydrogen-bond donors (Lipinski definition) is 0. The van der Waals surface area contributed by atoms with Gasteiger partial charge in [0.2, 0.25) is 0 Å². The van der Waals surface area contributed by atoms with E-state index < -0.39 is 11.7 Å². The molecule has 0 radical (unpaired) electrons. The summed E-state index contributed by atoms with van der Waals surface area (Å²) in [4.78, 5) is 2.38. The summed E-state index contributed by atoms with van der Waals surface area (Å²) >= 11 is 0. The van der Waals surface area contributed by atoms with Crippen molar-refractivity contribution in [3.8, 4) is 11.1 Å². The van der Waals surface area contributed by atoms with Crippen molar-refractivity contribution in [3.63, 3.8) is 0 Å². The number of rotatable bonds is 7. The molecule has 6 heteroatoms. The Bertz CT molecular complexity index is 1150. The van der Waals surface area contributed by atoms with E-state index in [2.05, 4.69) is 11.5 Å². The Labute approximate surface area is 203 Å². The predicted molar refractivity (Wildman–Crippen MR) is 130 cm³/mol. The van der Waals surface area contributed by atoms with Crippen LogP contribution in [0, 0.1) is 5.82 Å². The molecule has 4 rings (SSSR count). The molecule has 2 nitrogen and oxygen atoms in total. The predicted octanol–water partition coefficient (Wildman–Crippen LogP) is 7.79. The van der Waals surface area contributed by atoms with Crippen LogP contribution in [0.3, 0.4) is 0 Å². The largest absolute Gasteiger partial charge is 0.501 e. The van der Waals surface area contributed by atoms with E-state index in [-0.39, 0.29) is 11.9 Å². The summed E-state index contributed by atoms with van der Waals surface area (Å²) < 4.78 is 58.6. The molecule has 0 bridgehead atoms. The Kier molecular flexibility index (Phi) is 7.60. The number of piperidine rings is 1. The van der Waals surface area contributed by atoms with Crippen molar-refractivity contribution in [1.29, 1.82) is 0 Å². The lowest BCUT2D eigenvalue weighted by Crippen LogP contribution is -2.34. The number of allylic oxidation sites excluding steroid dienone is 1. The highest BCUT2D eigenvalue weighted by Gasteiger charge is 2.31. The molecule has 0 spiro atoms. The smallest absolute Gasteiger partial charge is 0.416 e. The minimum Gasteiger partial charge on any atom is -0.501 e. The van der Waals surface area contributed by atoms with Gasteiger partial charge in [-0.25, -0.2) is 4.39 Å². The van der Waals surface area contributed by atoms with Crippen LogP contribution in [0.5, 0.6) is 0 Å². The number of halogens is 4. The third kappa shape index (κ3) is 5.93. The number of benzene rings is 3. The number of alkyl halides is 3. The molecule has 0 aliphatic carbocycles. The zero-order chi connectivity index (χ0) is 25.0. The molecule has 184 valence electrons. The summed E-state index contributed by atoms with van der Waals surface area (Å²) in [6.45, 7) is 5.70. The van der Waals surface area contributed by atoms with Crippen LogP contribution in [0.4, 0.5) is 17.6 Å². The van der Waals surface area contributed by atoms with E-state index in [1.54, 1.807) is 19.2 Å². The van der Waals surface area contributed by atoms with E-state index in [0.29, 0.717) is 17.7 Å². The van der Waals surface area contributed by atoms with Crippen LogP contribution in [-0.4, -0.2) is 25.1 Å². The number of likely N-dealkylation sites (tertiary alicyclic amines) is 1. The van der Waals surface area contributed by atoms with E-state index in [1.807, 2.05) is 18.2 Å². The van der Waals surface area contributed by atoms with Crippen molar-refractivity contribution in [2.24, 2.45) is 0 Å². The first-order valence-corrected chi connectivity index (χ1v) is 11.8. The molecule has 1 heterocycles. The van der Waals surface area contributed by atoms with Crippen LogP contribution in [-0.2, 0) is 17.3 Å². The second-order valence-corrected chi connectivity index (χ2v) is 8.97. The Morgan fingerprint density at radius 1 is 0.943 bits per heavy atom. The van der Waals surface area contributed by atoms with Crippen molar-refractivity contribution in [1.82, 2.24) is 4.90 Å². The van der Waals surface area contributed by atoms with Gasteiger partial charge in [-0.2, -0.15) is 13.2 Å². The Morgan fingerprint density at radius 3 is 2.20 bits per heavy atom. The topological polar surface area (TPSA) is 12.5 Å². The zero-order valence-electron chi connectivity index (χ0n) is 19.7. The molecule has 1 atom stereocenters. The highest BCUT2D eigenvalue weighted by molar-refractivity contribution is 5.70. The molecular formula is C29H29F4NO. The second kappa shape index (κ2) is 10.6. The average Bonchev–Trinajstić information content (AvgIpc) is 2.86. The second-order valence-electron chi connectivity index (χ2n) is 8.97. The minimum absolute atomic E-state index is 0.145. The summed E-state index contributed by atoms with van der Waals surface area (Å²) in [7, 11) is 1.56. The molecule has 0 aromatic heterocycles. The lowest BCUT2D eigenvalue weighted by atomic mass is 9.87. The van der Waals surface area contributed by atoms with Crippen molar-refractivity contribution in [3.05, 3.63) is 107 Å². The SMILES string of the molecule is C=C(Cc1ccc(C(c2ccc(F)cc2)N2CCCCC2)c(-c2ccc(C(F)(F)F)cc2)c1)OC. The summed E-state index contributed by atoms with van der Waals surface area (Å²) in [5.41, 5.74) is 3.74. The monoisotopic (exact) mass is 483 g/mol. The minimum atomic E-state index is -4.40. The maximum Gasteiger partial charge on any atom is 0.416 e. The number of nitrogens with zero attached hydrogens (tertiary/aromatic N) is 1. The first kappa shape index (κ1) is 25.0. The summed E-state index contributed by atoms with van der Waals surface area (Å²) in [5, 5.41) is 0. The van der Waals surface area contributed by atoms with Crippen LogP contribution in [0.2, 0.25) is 0 Å². The molecule has 0 amide bonds. The molecule has 0 saturated carbocycles. The first-order chi connectivity index (χ1) is 16.8. The summed E-state index contributed by atoms with van der Waals surface area (Å²) in [6, 6.07) is 17.7. The molecule has 3 aromatic rings. The zero-order valence-corrected chi connectivity index (χ0v) is 19.7. The van der Waals surface area contributed by atoms with Gasteiger partial charge < -0.3 is 4.74 Å². The van der Waals surface area contributed by atoms with Crippen molar-refractivity contribution >= 4 is 0 Å². The fraction of sp³-hybridized carbons (Fsp3) is 0.310. The van der Waals surface area contributed by atoms with Gasteiger partial charge in [0.1, 0.15) is 5.82 Å². The maximum atomic E-state index is 13.8. The lowest BCUT2D eigenvalue weighted by molar-refractivity contribution is -0.137. The van der Waals surface area contributed by atoms with E-state index in [1.165, 1.54) is 24.3 Å². The molecule has 1 saturated heterocycles. The lowest BCUT2D eigenvalue weighted by Gasteiger charge is -2.36. The van der Waals surface area contributed by atoms with Gasteiger partial charge in [0.05, 0.1) is 24.5 Å². The van der Waals surface area contributed by atoms with Crippen molar-refractivity contribution in [2.75, 3.05) is 20.2 Å². The molecule has 1 unspecified atom stereocenters. The van der Waals surface area contributed by atoms with Crippen LogP contribution >= 0.6 is 0 Å². The fourth-order valence-electron chi connectivity index (χ4n) is 4.75. The fourth-order valence-corrected chi connectivity index (χ4v) is 4.75. The molecule has 35 heavy (non-hydrogen) atoms. The summed E-state index contributed by atoms with van der Waals surface area (Å²) in [5.74, 6) is 0.296. The van der Waals surface area contributed by atoms with Crippen molar-refractivity contribution in [2.45, 2.75) is 37.9 Å². The van der Waals surface area contributed by atoms with Crippen LogP contribution in [0.15, 0.2) is 79.1 Å². The van der Waals surface area contributed by atoms with E-state index >= 15 is 0 Å². The van der Waals surface area contributed by atoms with Crippen molar-refractivity contribution < 1.29 is 22.3 Å². The Hall–Kier alpha value is -3.12. The molecular weight excluding hydrogens is 454 g/mol. The molecule has 0 N–H and O–H groups in total. The third-order valence-electron chi connectivity index (χ3n) is 6.57. The normalized spacial score (nSPS) is 15.6. The van der Waals surface area contributed by atoms with Gasteiger partial charge in [-0.3, -0.25) is 4.90 Å². The van der Waals surface area contributed by atoms with E-state index in [4.69, 9.17) is 4.74 Å². The van der Waals surface area contributed by atoms with Crippen LogP contribution in [0.1, 0.15) is 47.6 Å². The third-order valence-corrected chi connectivity index (χ3v) is 6.57. The average molecular weight is 484 g/mol. The van der Waals surface area contributed by atoms with Gasteiger partial charge in [-0.05, 0) is 78.0 Å². The van der Waals surface area contributed by atoms with Gasteiger partial charge in [0.15, 0.2) is 0 Å². The molecule has 1 fully saturated rings. The standard InChI is InChI=1S/C29H29F4NO/c1-20(35-2)18-21-6-15-26(27(19-21)22-7-11-24(12-8-22)29(31,32)33)28(34-16-4-3-5-17-34)23-9-13-25(30)14-10-23/h6-15,19,28H,1,3-5,16-18H2,2H3. The van der Waals surface area contributed by atoms with E-state index in [0.717, 1.165) is 66.7 Å². The first-order valence-electron chi connectivity index (χ1n) is 11.8. The molecule has 1 aliphatic rings. The number of hydrogen-bond acceptors (Lipinski definition) is 2. The van der Waals surface area contributed by atoms with Crippen LogP contribution in [0.25, 0.3) is 11.1 Å². The highest BCUT2D eigenvalue weighted by atomic mass is 19.4.